The van der Waals surface area contributed by atoms with Gasteiger partial charge in [-0.1, -0.05) is 39.0 Å². The van der Waals surface area contributed by atoms with E-state index in [1.165, 1.54) is 25.7 Å². The first kappa shape index (κ1) is 22.7. The Hall–Kier alpha value is 0.380. The Morgan fingerprint density at radius 1 is 1.05 bits per heavy atom. The van der Waals surface area contributed by atoms with Crippen LogP contribution in [0.1, 0.15) is 64.7 Å². The van der Waals surface area contributed by atoms with Crippen molar-refractivity contribution >= 4 is 16.0 Å². The molecule has 0 aliphatic carbocycles. The van der Waals surface area contributed by atoms with Crippen LogP contribution in [0.3, 0.4) is 0 Å². The van der Waals surface area contributed by atoms with Gasteiger partial charge in [0.05, 0.1) is 5.75 Å². The molecule has 7 heteroatoms. The van der Waals surface area contributed by atoms with Crippen molar-refractivity contribution in [3.8, 4) is 0 Å². The van der Waals surface area contributed by atoms with E-state index < -0.39 is 10.1 Å². The summed E-state index contributed by atoms with van der Waals surface area (Å²) >= 11 is 0. The van der Waals surface area contributed by atoms with Gasteiger partial charge >= 0.3 is 29.6 Å². The normalized spacial score (nSPS) is 12.2. The average molecular weight is 315 g/mol. The van der Waals surface area contributed by atoms with Gasteiger partial charge in [0.1, 0.15) is 0 Å². The number of hydrogen-bond donors (Lipinski definition) is 1. The van der Waals surface area contributed by atoms with Crippen LogP contribution in [0.15, 0.2) is 4.99 Å². The predicted octanol–water partition coefficient (Wildman–Crippen LogP) is -0.832. The molecule has 0 rings (SSSR count). The third kappa shape index (κ3) is 18.4. The van der Waals surface area contributed by atoms with Crippen LogP contribution >= 0.6 is 0 Å². The topological polar surface area (TPSA) is 89.8 Å². The van der Waals surface area contributed by atoms with Crippen LogP contribution in [0, 0.1) is 0 Å². The van der Waals surface area contributed by atoms with Gasteiger partial charge in [0, 0.05) is 6.54 Å². The molecule has 0 unspecified atom stereocenters. The Bertz CT molecular complexity index is 344. The van der Waals surface area contributed by atoms with Crippen molar-refractivity contribution in [2.24, 2.45) is 4.99 Å². The van der Waals surface area contributed by atoms with Gasteiger partial charge in [0.2, 0.25) is 0 Å². The van der Waals surface area contributed by atoms with Gasteiger partial charge in [-0.2, -0.15) is 8.42 Å². The minimum atomic E-state index is -3.88. The summed E-state index contributed by atoms with van der Waals surface area (Å²) in [5.74, 6) is -0.351. The molecule has 5 nitrogen and oxygen atoms in total. The van der Waals surface area contributed by atoms with E-state index in [0.29, 0.717) is 25.8 Å². The summed E-state index contributed by atoms with van der Waals surface area (Å²) in [6.07, 6.45) is 8.19. The largest absolute Gasteiger partial charge is 1.00 e. The minimum Gasteiger partial charge on any atom is -0.862 e. The fourth-order valence-corrected chi connectivity index (χ4v) is 2.30. The van der Waals surface area contributed by atoms with Crippen LogP contribution in [0.4, 0.5) is 0 Å². The van der Waals surface area contributed by atoms with Crippen molar-refractivity contribution < 1.29 is 47.6 Å². The molecule has 0 atom stereocenters. The Labute approximate surface area is 145 Å². The van der Waals surface area contributed by atoms with Crippen molar-refractivity contribution in [1.82, 2.24) is 0 Å². The van der Waals surface area contributed by atoms with E-state index in [9.17, 15) is 13.5 Å². The van der Waals surface area contributed by atoms with Crippen molar-refractivity contribution in [1.29, 1.82) is 0 Å². The monoisotopic (exact) mass is 315 g/mol. The maximum absolute atomic E-state index is 11.4. The molecule has 114 valence electrons. The van der Waals surface area contributed by atoms with E-state index in [1.54, 1.807) is 0 Å². The first-order valence-corrected chi connectivity index (χ1v) is 8.72. The second kappa shape index (κ2) is 14.3. The van der Waals surface area contributed by atoms with E-state index in [-0.39, 0.29) is 41.2 Å². The average Bonchev–Trinajstić information content (AvgIpc) is 2.31. The number of hydrogen-bond acceptors (Lipinski definition) is 4. The first-order chi connectivity index (χ1) is 8.95. The van der Waals surface area contributed by atoms with E-state index in [0.717, 1.165) is 12.8 Å². The minimum absolute atomic E-state index is 0. The number of unbranched alkanes of at least 4 members (excludes halogenated alkanes) is 6. The van der Waals surface area contributed by atoms with Crippen LogP contribution in [0.5, 0.6) is 0 Å². The smallest absolute Gasteiger partial charge is 0.862 e. The molecule has 0 amide bonds. The van der Waals surface area contributed by atoms with Gasteiger partial charge in [-0.15, -0.1) is 0 Å². The van der Waals surface area contributed by atoms with Crippen LogP contribution < -0.4 is 34.7 Å². The second-order valence-corrected chi connectivity index (χ2v) is 6.36. The third-order valence-corrected chi connectivity index (χ3v) is 3.65. The van der Waals surface area contributed by atoms with E-state index in [4.69, 9.17) is 4.55 Å². The van der Waals surface area contributed by atoms with Crippen molar-refractivity contribution in [3.05, 3.63) is 0 Å². The number of aliphatic imine (C=N–C) groups is 1. The molecule has 1 N–H and O–H groups in total. The van der Waals surface area contributed by atoms with Gasteiger partial charge in [-0.3, -0.25) is 4.55 Å². The standard InChI is InChI=1S/C13H27NO4S.Na/c1-2-3-4-5-6-7-10-13(15)14-11-8-9-12-19(16,17)18;/h2-12H2,1H3,(H,14,15)(H,16,17,18);/q;+1/p-1. The van der Waals surface area contributed by atoms with Crippen molar-refractivity contribution in [2.75, 3.05) is 12.3 Å². The zero-order valence-electron chi connectivity index (χ0n) is 12.8. The maximum Gasteiger partial charge on any atom is 1.00 e. The summed E-state index contributed by atoms with van der Waals surface area (Å²) in [7, 11) is -3.88. The van der Waals surface area contributed by atoms with E-state index >= 15 is 0 Å². The molecule has 0 radical (unpaired) electrons. The molecule has 0 aromatic rings. The van der Waals surface area contributed by atoms with Crippen LogP contribution in [-0.4, -0.2) is 31.2 Å². The van der Waals surface area contributed by atoms with E-state index in [1.807, 2.05) is 0 Å². The fourth-order valence-electron chi connectivity index (χ4n) is 1.74. The molecule has 0 aliphatic heterocycles. The fraction of sp³-hybridized carbons (Fsp3) is 0.923. The quantitative estimate of drug-likeness (QED) is 0.167. The molecule has 0 aromatic carbocycles. The molecule has 0 aliphatic rings. The molecule has 0 aromatic heterocycles. The molecule has 0 bridgehead atoms. The Balaban J connectivity index is 0. The van der Waals surface area contributed by atoms with Crippen LogP contribution in [-0.2, 0) is 10.1 Å². The summed E-state index contributed by atoms with van der Waals surface area (Å²) in [5, 5.41) is 11.4. The zero-order valence-corrected chi connectivity index (χ0v) is 15.6. The molecule has 0 fully saturated rings. The van der Waals surface area contributed by atoms with Crippen molar-refractivity contribution in [3.63, 3.8) is 0 Å². The van der Waals surface area contributed by atoms with Gasteiger partial charge in [-0.05, 0) is 31.6 Å². The Morgan fingerprint density at radius 3 is 2.25 bits per heavy atom. The van der Waals surface area contributed by atoms with E-state index in [2.05, 4.69) is 11.9 Å². The molecule has 0 spiro atoms. The second-order valence-electron chi connectivity index (χ2n) is 4.79. The zero-order chi connectivity index (χ0) is 14.6. The van der Waals surface area contributed by atoms with Gasteiger partial charge in [0.25, 0.3) is 10.1 Å². The first-order valence-electron chi connectivity index (χ1n) is 7.11. The van der Waals surface area contributed by atoms with Gasteiger partial charge in [-0.25, -0.2) is 0 Å². The molecule has 0 heterocycles. The van der Waals surface area contributed by atoms with Gasteiger partial charge in [0.15, 0.2) is 0 Å². The summed E-state index contributed by atoms with van der Waals surface area (Å²) < 4.78 is 29.4. The predicted molar refractivity (Wildman–Crippen MR) is 75.9 cm³/mol. The molecule has 0 saturated carbocycles. The summed E-state index contributed by atoms with van der Waals surface area (Å²) in [6.45, 7) is 2.52. The Morgan fingerprint density at radius 2 is 1.65 bits per heavy atom. The van der Waals surface area contributed by atoms with Crippen LogP contribution in [0.25, 0.3) is 0 Å². The molecule has 20 heavy (non-hydrogen) atoms. The maximum atomic E-state index is 11.4. The molecular weight excluding hydrogens is 289 g/mol. The number of nitrogens with zero attached hydrogens (tertiary/aromatic N) is 1. The van der Waals surface area contributed by atoms with Crippen LogP contribution in [0.2, 0.25) is 0 Å². The summed E-state index contributed by atoms with van der Waals surface area (Å²) in [6, 6.07) is 0. The Kier molecular flexibility index (Phi) is 16.2. The number of rotatable bonds is 12. The SMILES string of the molecule is CCCCCCCCC([O-])=NCCCCS(=O)(=O)O.[Na+]. The third-order valence-electron chi connectivity index (χ3n) is 2.84. The summed E-state index contributed by atoms with van der Waals surface area (Å²) in [4.78, 5) is 3.86. The molecule has 0 saturated heterocycles. The van der Waals surface area contributed by atoms with Crippen molar-refractivity contribution in [2.45, 2.75) is 64.7 Å². The summed E-state index contributed by atoms with van der Waals surface area (Å²) in [5.41, 5.74) is 0. The molecular formula is C13H26NNaO4S. The van der Waals surface area contributed by atoms with Gasteiger partial charge < -0.3 is 10.1 Å².